The fraction of sp³-hybridized carbons (Fsp3) is 0.474. The van der Waals surface area contributed by atoms with E-state index in [-0.39, 0.29) is 0 Å². The average Bonchev–Trinajstić information content (AvgIpc) is 2.46. The molecule has 0 aliphatic heterocycles. The molecule has 2 rings (SSSR count). The van der Waals surface area contributed by atoms with E-state index in [1.807, 2.05) is 0 Å². The van der Waals surface area contributed by atoms with Crippen molar-refractivity contribution in [1.82, 2.24) is 10.2 Å². The van der Waals surface area contributed by atoms with Crippen molar-refractivity contribution in [3.8, 4) is 0 Å². The van der Waals surface area contributed by atoms with E-state index in [0.717, 1.165) is 19.6 Å². The predicted molar refractivity (Wildman–Crippen MR) is 92.6 cm³/mol. The highest BCUT2D eigenvalue weighted by molar-refractivity contribution is 5.85. The molecule has 0 aliphatic rings. The summed E-state index contributed by atoms with van der Waals surface area (Å²) in [7, 11) is 0. The van der Waals surface area contributed by atoms with E-state index in [1.54, 1.807) is 0 Å². The molecule has 0 fully saturated rings. The zero-order chi connectivity index (χ0) is 15.2. The van der Waals surface area contributed by atoms with Gasteiger partial charge < -0.3 is 5.32 Å². The summed E-state index contributed by atoms with van der Waals surface area (Å²) in [5.41, 5.74) is 1.38. The first-order valence-corrected chi connectivity index (χ1v) is 8.02. The summed E-state index contributed by atoms with van der Waals surface area (Å²) in [5, 5.41) is 6.27. The lowest BCUT2D eigenvalue weighted by Crippen LogP contribution is -2.41. The third kappa shape index (κ3) is 4.29. The van der Waals surface area contributed by atoms with Crippen LogP contribution in [0.3, 0.4) is 0 Å². The van der Waals surface area contributed by atoms with Gasteiger partial charge in [0.2, 0.25) is 0 Å². The first-order chi connectivity index (χ1) is 10.1. The maximum atomic E-state index is 3.59. The van der Waals surface area contributed by atoms with Gasteiger partial charge >= 0.3 is 0 Å². The fourth-order valence-electron chi connectivity index (χ4n) is 2.99. The topological polar surface area (TPSA) is 15.3 Å². The lowest BCUT2D eigenvalue weighted by atomic mass is 10.0. The fourth-order valence-corrected chi connectivity index (χ4v) is 2.99. The second kappa shape index (κ2) is 7.58. The van der Waals surface area contributed by atoms with Gasteiger partial charge in [-0.3, -0.25) is 4.90 Å². The number of fused-ring (bicyclic) bond motifs is 1. The van der Waals surface area contributed by atoms with Crippen LogP contribution in [0.1, 0.15) is 33.3 Å². The lowest BCUT2D eigenvalue weighted by Gasteiger charge is -2.30. The van der Waals surface area contributed by atoms with Gasteiger partial charge in [0.25, 0.3) is 0 Å². The summed E-state index contributed by atoms with van der Waals surface area (Å²) in [4.78, 5) is 2.52. The monoisotopic (exact) mass is 284 g/mol. The summed E-state index contributed by atoms with van der Waals surface area (Å²) in [6.07, 6.45) is 0. The Labute approximate surface area is 129 Å². The second-order valence-corrected chi connectivity index (χ2v) is 6.24. The first kappa shape index (κ1) is 16.0. The van der Waals surface area contributed by atoms with Gasteiger partial charge in [-0.1, -0.05) is 42.5 Å². The predicted octanol–water partition coefficient (Wildman–Crippen LogP) is 4.05. The van der Waals surface area contributed by atoms with Gasteiger partial charge in [0.05, 0.1) is 0 Å². The zero-order valence-electron chi connectivity index (χ0n) is 13.8. The highest BCUT2D eigenvalue weighted by Gasteiger charge is 2.12. The maximum Gasteiger partial charge on any atom is 0.0212 e. The van der Waals surface area contributed by atoms with Crippen LogP contribution >= 0.6 is 0 Å². The van der Waals surface area contributed by atoms with Crippen molar-refractivity contribution in [1.29, 1.82) is 0 Å². The highest BCUT2D eigenvalue weighted by atomic mass is 15.2. The number of benzene rings is 2. The third-order valence-electron chi connectivity index (χ3n) is 4.07. The minimum absolute atomic E-state index is 0.601. The summed E-state index contributed by atoms with van der Waals surface area (Å²) in [6.45, 7) is 12.1. The normalized spacial score (nSPS) is 12.0. The molecule has 0 unspecified atom stereocenters. The largest absolute Gasteiger partial charge is 0.311 e. The second-order valence-electron chi connectivity index (χ2n) is 6.24. The summed E-state index contributed by atoms with van der Waals surface area (Å²) < 4.78 is 0. The van der Waals surface area contributed by atoms with Gasteiger partial charge in [0, 0.05) is 31.7 Å². The lowest BCUT2D eigenvalue weighted by molar-refractivity contribution is 0.176. The number of hydrogen-bond acceptors (Lipinski definition) is 2. The molecule has 0 radical (unpaired) electrons. The molecule has 2 heteroatoms. The Morgan fingerprint density at radius 3 is 2.29 bits per heavy atom. The molecule has 0 heterocycles. The Balaban J connectivity index is 1.91. The van der Waals surface area contributed by atoms with E-state index in [0.29, 0.717) is 12.1 Å². The molecule has 114 valence electrons. The molecular formula is C19H28N2. The van der Waals surface area contributed by atoms with Crippen LogP contribution in [-0.2, 0) is 6.54 Å². The molecule has 0 saturated heterocycles. The van der Waals surface area contributed by atoms with E-state index in [2.05, 4.69) is 80.4 Å². The zero-order valence-corrected chi connectivity index (χ0v) is 13.8. The van der Waals surface area contributed by atoms with Crippen LogP contribution in [-0.4, -0.2) is 30.1 Å². The Hall–Kier alpha value is -1.38. The van der Waals surface area contributed by atoms with Crippen molar-refractivity contribution in [3.05, 3.63) is 48.0 Å². The van der Waals surface area contributed by atoms with Crippen molar-refractivity contribution in [2.24, 2.45) is 0 Å². The molecule has 21 heavy (non-hydrogen) atoms. The van der Waals surface area contributed by atoms with E-state index < -0.39 is 0 Å². The maximum absolute atomic E-state index is 3.59. The number of nitrogens with zero attached hydrogens (tertiary/aromatic N) is 1. The van der Waals surface area contributed by atoms with Crippen LogP contribution in [0.5, 0.6) is 0 Å². The number of rotatable bonds is 7. The highest BCUT2D eigenvalue weighted by Crippen LogP contribution is 2.18. The van der Waals surface area contributed by atoms with Crippen molar-refractivity contribution in [2.45, 2.75) is 46.3 Å². The third-order valence-corrected chi connectivity index (χ3v) is 4.07. The number of nitrogens with one attached hydrogen (secondary N) is 1. The smallest absolute Gasteiger partial charge is 0.0212 e. The molecule has 2 nitrogen and oxygen atoms in total. The minimum Gasteiger partial charge on any atom is -0.311 e. The Bertz CT molecular complexity index is 547. The summed E-state index contributed by atoms with van der Waals surface area (Å²) in [5.74, 6) is 0. The molecule has 0 aliphatic carbocycles. The van der Waals surface area contributed by atoms with Gasteiger partial charge in [-0.25, -0.2) is 0 Å². The quantitative estimate of drug-likeness (QED) is 0.772. The molecule has 1 N–H and O–H groups in total. The van der Waals surface area contributed by atoms with Crippen LogP contribution in [0.25, 0.3) is 10.8 Å². The Kier molecular flexibility index (Phi) is 5.77. The molecule has 0 saturated carbocycles. The summed E-state index contributed by atoms with van der Waals surface area (Å²) in [6, 6.07) is 16.4. The van der Waals surface area contributed by atoms with Crippen LogP contribution < -0.4 is 5.32 Å². The molecule has 0 atom stereocenters. The van der Waals surface area contributed by atoms with Crippen molar-refractivity contribution >= 4 is 10.8 Å². The molecule has 0 aromatic heterocycles. The van der Waals surface area contributed by atoms with Crippen LogP contribution in [0, 0.1) is 0 Å². The Morgan fingerprint density at radius 1 is 0.905 bits per heavy atom. The minimum atomic E-state index is 0.601. The molecular weight excluding hydrogens is 256 g/mol. The van der Waals surface area contributed by atoms with Gasteiger partial charge in [0.15, 0.2) is 0 Å². The van der Waals surface area contributed by atoms with Crippen LogP contribution in [0.15, 0.2) is 42.5 Å². The summed E-state index contributed by atoms with van der Waals surface area (Å²) >= 11 is 0. The van der Waals surface area contributed by atoms with Gasteiger partial charge in [-0.15, -0.1) is 0 Å². The SMILES string of the molecule is CC(C)N(CCNCc1cccc2ccccc12)C(C)C. The molecule has 2 aromatic rings. The van der Waals surface area contributed by atoms with Crippen molar-refractivity contribution < 1.29 is 0 Å². The standard InChI is InChI=1S/C19H28N2/c1-15(2)21(16(3)4)13-12-20-14-18-10-7-9-17-8-5-6-11-19(17)18/h5-11,15-16,20H,12-14H2,1-4H3. The van der Waals surface area contributed by atoms with Crippen molar-refractivity contribution in [2.75, 3.05) is 13.1 Å². The Morgan fingerprint density at radius 2 is 1.57 bits per heavy atom. The van der Waals surface area contributed by atoms with Gasteiger partial charge in [-0.2, -0.15) is 0 Å². The van der Waals surface area contributed by atoms with Crippen LogP contribution in [0.2, 0.25) is 0 Å². The molecule has 0 amide bonds. The van der Waals surface area contributed by atoms with E-state index >= 15 is 0 Å². The number of hydrogen-bond donors (Lipinski definition) is 1. The van der Waals surface area contributed by atoms with E-state index in [1.165, 1.54) is 16.3 Å². The van der Waals surface area contributed by atoms with Crippen molar-refractivity contribution in [3.63, 3.8) is 0 Å². The van der Waals surface area contributed by atoms with E-state index in [4.69, 9.17) is 0 Å². The molecule has 2 aromatic carbocycles. The van der Waals surface area contributed by atoms with E-state index in [9.17, 15) is 0 Å². The van der Waals surface area contributed by atoms with Crippen LogP contribution in [0.4, 0.5) is 0 Å². The van der Waals surface area contributed by atoms with Gasteiger partial charge in [-0.05, 0) is 44.0 Å². The first-order valence-electron chi connectivity index (χ1n) is 8.02. The molecule has 0 spiro atoms. The average molecular weight is 284 g/mol. The van der Waals surface area contributed by atoms with Gasteiger partial charge in [0.1, 0.15) is 0 Å². The molecule has 0 bridgehead atoms.